The maximum atomic E-state index is 14.8. The molecule has 0 aliphatic carbocycles. The zero-order chi connectivity index (χ0) is 24.6. The van der Waals surface area contributed by atoms with Crippen molar-refractivity contribution in [2.75, 3.05) is 36.4 Å². The number of benzene rings is 1. The van der Waals surface area contributed by atoms with E-state index < -0.39 is 21.7 Å². The van der Waals surface area contributed by atoms with E-state index in [1.54, 1.807) is 13.0 Å². The summed E-state index contributed by atoms with van der Waals surface area (Å²) in [6.07, 6.45) is 2.52. The molecule has 0 radical (unpaired) electrons. The van der Waals surface area contributed by atoms with Crippen LogP contribution in [-0.2, 0) is 10.0 Å². The number of likely N-dealkylation sites (N-methyl/N-ethyl adjacent to an activating group) is 1. The fraction of sp³-hybridized carbons (Fsp3) is 0.273. The predicted molar refractivity (Wildman–Crippen MR) is 132 cm³/mol. The molecule has 1 aliphatic heterocycles. The largest absolute Gasteiger partial charge is 0.486 e. The van der Waals surface area contributed by atoms with Gasteiger partial charge in [0.15, 0.2) is 5.82 Å². The van der Waals surface area contributed by atoms with Gasteiger partial charge in [-0.15, -0.1) is 11.3 Å². The van der Waals surface area contributed by atoms with E-state index in [4.69, 9.17) is 16.3 Å². The van der Waals surface area contributed by atoms with Gasteiger partial charge in [-0.2, -0.15) is 0 Å². The number of carbonyl (C=O) groups is 1. The van der Waals surface area contributed by atoms with Gasteiger partial charge < -0.3 is 10.1 Å². The molecule has 1 fully saturated rings. The van der Waals surface area contributed by atoms with Crippen molar-refractivity contribution in [1.29, 1.82) is 0 Å². The van der Waals surface area contributed by atoms with Crippen molar-refractivity contribution >= 4 is 50.2 Å². The number of thiophene rings is 1. The average Bonchev–Trinajstić information content (AvgIpc) is 3.07. The monoisotopic (exact) mass is 524 g/mol. The van der Waals surface area contributed by atoms with Crippen LogP contribution in [0.25, 0.3) is 11.3 Å². The summed E-state index contributed by atoms with van der Waals surface area (Å²) in [5.41, 5.74) is 1.17. The summed E-state index contributed by atoms with van der Waals surface area (Å²) in [7, 11) is -1.53. The Morgan fingerprint density at radius 1 is 1.24 bits per heavy atom. The second-order valence-electron chi connectivity index (χ2n) is 8.10. The van der Waals surface area contributed by atoms with Crippen LogP contribution in [0, 0.1) is 12.7 Å². The van der Waals surface area contributed by atoms with Crippen molar-refractivity contribution in [3.8, 4) is 17.0 Å². The van der Waals surface area contributed by atoms with Crippen LogP contribution < -0.4 is 14.8 Å². The standard InChI is InChI=1S/C22H22ClFN4O4S2/c1-12-18(21-19(24)7-16(9-25-21)32-17-10-28(2)11-17)8-20(33-12)22(29)26-14-4-13(23)5-15(6-14)27-34(3,30)31/h4-9,17,27H,10-11H2,1-3H3,(H,26,29). The summed E-state index contributed by atoms with van der Waals surface area (Å²) in [4.78, 5) is 20.2. The normalized spacial score (nSPS) is 14.5. The second kappa shape index (κ2) is 9.49. The quantitative estimate of drug-likeness (QED) is 0.480. The lowest BCUT2D eigenvalue weighted by atomic mass is 10.1. The van der Waals surface area contributed by atoms with Gasteiger partial charge in [-0.05, 0) is 38.2 Å². The topological polar surface area (TPSA) is 101 Å². The molecule has 3 aromatic rings. The Hall–Kier alpha value is -2.73. The maximum absolute atomic E-state index is 14.8. The van der Waals surface area contributed by atoms with Crippen LogP contribution in [0.4, 0.5) is 15.8 Å². The van der Waals surface area contributed by atoms with Gasteiger partial charge in [0.25, 0.3) is 5.91 Å². The Kier molecular flexibility index (Phi) is 6.81. The smallest absolute Gasteiger partial charge is 0.265 e. The zero-order valence-electron chi connectivity index (χ0n) is 18.6. The molecule has 1 aromatic carbocycles. The summed E-state index contributed by atoms with van der Waals surface area (Å²) >= 11 is 7.24. The SMILES string of the molecule is Cc1sc(C(=O)Nc2cc(Cl)cc(NS(C)(=O)=O)c2)cc1-c1ncc(OC2CN(C)C2)cc1F. The van der Waals surface area contributed by atoms with Crippen molar-refractivity contribution in [1.82, 2.24) is 9.88 Å². The van der Waals surface area contributed by atoms with Crippen molar-refractivity contribution in [2.24, 2.45) is 0 Å². The van der Waals surface area contributed by atoms with Gasteiger partial charge in [-0.3, -0.25) is 14.4 Å². The average molecular weight is 525 g/mol. The fourth-order valence-corrected chi connectivity index (χ4v) is 5.25. The first-order chi connectivity index (χ1) is 16.0. The number of amides is 1. The van der Waals surface area contributed by atoms with Gasteiger partial charge in [0.05, 0.1) is 23.0 Å². The molecule has 0 unspecified atom stereocenters. The van der Waals surface area contributed by atoms with Crippen LogP contribution in [0.5, 0.6) is 5.75 Å². The number of hydrogen-bond donors (Lipinski definition) is 2. The van der Waals surface area contributed by atoms with E-state index in [-0.39, 0.29) is 22.5 Å². The number of carbonyl (C=O) groups excluding carboxylic acids is 1. The molecule has 1 saturated heterocycles. The van der Waals surface area contributed by atoms with Gasteiger partial charge in [0.2, 0.25) is 10.0 Å². The molecule has 1 aliphatic rings. The molecular weight excluding hydrogens is 503 g/mol. The highest BCUT2D eigenvalue weighted by molar-refractivity contribution is 7.92. The third-order valence-electron chi connectivity index (χ3n) is 5.01. The number of nitrogens with one attached hydrogen (secondary N) is 2. The molecule has 0 bridgehead atoms. The number of nitrogens with zero attached hydrogens (tertiary/aromatic N) is 2. The minimum absolute atomic E-state index is 0.0230. The number of likely N-dealkylation sites (tertiary alicyclic amines) is 1. The number of rotatable bonds is 7. The molecule has 4 rings (SSSR count). The van der Waals surface area contributed by atoms with Crippen LogP contribution in [0.2, 0.25) is 5.02 Å². The lowest BCUT2D eigenvalue weighted by Gasteiger charge is -2.35. The van der Waals surface area contributed by atoms with Crippen LogP contribution >= 0.6 is 22.9 Å². The first kappa shape index (κ1) is 24.4. The highest BCUT2D eigenvalue weighted by Gasteiger charge is 2.25. The second-order valence-corrected chi connectivity index (χ2v) is 11.5. The fourth-order valence-electron chi connectivity index (χ4n) is 3.55. The van der Waals surface area contributed by atoms with Crippen LogP contribution in [-0.4, -0.2) is 56.7 Å². The van der Waals surface area contributed by atoms with E-state index >= 15 is 0 Å². The third kappa shape index (κ3) is 5.84. The number of hydrogen-bond acceptors (Lipinski definition) is 7. The molecule has 0 saturated carbocycles. The van der Waals surface area contributed by atoms with Gasteiger partial charge >= 0.3 is 0 Å². The molecule has 2 aromatic heterocycles. The highest BCUT2D eigenvalue weighted by Crippen LogP contribution is 2.33. The van der Waals surface area contributed by atoms with Crippen molar-refractivity contribution < 1.29 is 22.3 Å². The van der Waals surface area contributed by atoms with E-state index in [9.17, 15) is 17.6 Å². The summed E-state index contributed by atoms with van der Waals surface area (Å²) in [6, 6.07) is 7.25. The molecule has 1 amide bonds. The molecule has 0 spiro atoms. The summed E-state index contributed by atoms with van der Waals surface area (Å²) in [5, 5.41) is 2.94. The molecule has 12 heteroatoms. The number of anilines is 2. The Bertz CT molecular complexity index is 1360. The predicted octanol–water partition coefficient (Wildman–Crippen LogP) is 4.23. The van der Waals surface area contributed by atoms with E-state index in [2.05, 4.69) is 19.9 Å². The van der Waals surface area contributed by atoms with E-state index in [1.165, 1.54) is 41.8 Å². The number of ether oxygens (including phenoxy) is 1. The minimum atomic E-state index is -3.51. The molecule has 34 heavy (non-hydrogen) atoms. The van der Waals surface area contributed by atoms with Crippen molar-refractivity contribution in [2.45, 2.75) is 13.0 Å². The number of sulfonamides is 1. The Labute approximate surface area is 205 Å². The Balaban J connectivity index is 1.51. The molecule has 2 N–H and O–H groups in total. The van der Waals surface area contributed by atoms with E-state index in [0.717, 1.165) is 24.2 Å². The summed E-state index contributed by atoms with van der Waals surface area (Å²) < 4.78 is 45.8. The third-order valence-corrected chi connectivity index (χ3v) is 6.88. The van der Waals surface area contributed by atoms with Crippen molar-refractivity contribution in [3.63, 3.8) is 0 Å². The van der Waals surface area contributed by atoms with Crippen LogP contribution in [0.3, 0.4) is 0 Å². The minimum Gasteiger partial charge on any atom is -0.486 e. The lowest BCUT2D eigenvalue weighted by Crippen LogP contribution is -2.51. The number of aryl methyl sites for hydroxylation is 1. The first-order valence-corrected chi connectivity index (χ1v) is 13.3. The van der Waals surface area contributed by atoms with Gasteiger partial charge in [-0.25, -0.2) is 17.8 Å². The summed E-state index contributed by atoms with van der Waals surface area (Å²) in [6.45, 7) is 3.34. The van der Waals surface area contributed by atoms with Crippen LogP contribution in [0.1, 0.15) is 14.5 Å². The molecule has 3 heterocycles. The van der Waals surface area contributed by atoms with Crippen molar-refractivity contribution in [3.05, 3.63) is 57.1 Å². The van der Waals surface area contributed by atoms with Gasteiger partial charge in [0, 0.05) is 40.3 Å². The zero-order valence-corrected chi connectivity index (χ0v) is 20.9. The first-order valence-electron chi connectivity index (χ1n) is 10.2. The van der Waals surface area contributed by atoms with E-state index in [1.807, 2.05) is 7.05 Å². The number of halogens is 2. The Morgan fingerprint density at radius 2 is 1.94 bits per heavy atom. The molecule has 180 valence electrons. The van der Waals surface area contributed by atoms with E-state index in [0.29, 0.717) is 21.9 Å². The number of aromatic nitrogens is 1. The highest BCUT2D eigenvalue weighted by atomic mass is 35.5. The molecular formula is C22H22ClFN4O4S2. The summed E-state index contributed by atoms with van der Waals surface area (Å²) in [5.74, 6) is -0.615. The number of pyridine rings is 1. The lowest BCUT2D eigenvalue weighted by molar-refractivity contribution is 0.0384. The van der Waals surface area contributed by atoms with Gasteiger partial charge in [-0.1, -0.05) is 11.6 Å². The molecule has 8 nitrogen and oxygen atoms in total. The molecule has 0 atom stereocenters. The van der Waals surface area contributed by atoms with Crippen LogP contribution in [0.15, 0.2) is 36.5 Å². The Morgan fingerprint density at radius 3 is 2.59 bits per heavy atom. The maximum Gasteiger partial charge on any atom is 0.265 e. The van der Waals surface area contributed by atoms with Gasteiger partial charge in [0.1, 0.15) is 17.5 Å².